The molecule has 1 rings (SSSR count). The minimum Gasteiger partial charge on any atom is -0.224 e. The van der Waals surface area contributed by atoms with Gasteiger partial charge in [0.2, 0.25) is 0 Å². The van der Waals surface area contributed by atoms with Crippen LogP contribution in [-0.2, 0) is 16.3 Å². The number of alkyl halides is 1. The summed E-state index contributed by atoms with van der Waals surface area (Å²) < 4.78 is 23.7. The Labute approximate surface area is 103 Å². The lowest BCUT2D eigenvalue weighted by Crippen LogP contribution is -2.10. The van der Waals surface area contributed by atoms with E-state index in [1.54, 1.807) is 19.1 Å². The average Bonchev–Trinajstić information content (AvgIpc) is 2.29. The van der Waals surface area contributed by atoms with Crippen LogP contribution < -0.4 is 0 Å². The Kier molecular flexibility index (Phi) is 4.81. The van der Waals surface area contributed by atoms with E-state index in [-0.39, 0.29) is 11.1 Å². The average molecular weight is 261 g/mol. The molecular weight excluding hydrogens is 244 g/mol. The number of halogens is 1. The fourth-order valence-electron chi connectivity index (χ4n) is 1.51. The van der Waals surface area contributed by atoms with Crippen molar-refractivity contribution in [2.24, 2.45) is 0 Å². The van der Waals surface area contributed by atoms with Gasteiger partial charge in [0.25, 0.3) is 0 Å². The molecule has 1 atom stereocenters. The third-order valence-corrected chi connectivity index (χ3v) is 4.86. The maximum absolute atomic E-state index is 11.8. The highest BCUT2D eigenvalue weighted by atomic mass is 35.5. The summed E-state index contributed by atoms with van der Waals surface area (Å²) in [5.74, 6) is 0.128. The molecule has 16 heavy (non-hydrogen) atoms. The van der Waals surface area contributed by atoms with Gasteiger partial charge in [0.05, 0.1) is 10.6 Å². The molecule has 1 aromatic carbocycles. The van der Waals surface area contributed by atoms with Crippen LogP contribution in [0.3, 0.4) is 0 Å². The Morgan fingerprint density at radius 2 is 1.88 bits per heavy atom. The Balaban J connectivity index is 3.11. The summed E-state index contributed by atoms with van der Waals surface area (Å²) >= 11 is 6.07. The minimum atomic E-state index is -3.14. The first-order valence-corrected chi connectivity index (χ1v) is 7.54. The lowest BCUT2D eigenvalue weighted by atomic mass is 10.1. The number of benzene rings is 1. The summed E-state index contributed by atoms with van der Waals surface area (Å²) in [6.07, 6.45) is 1.44. The molecule has 0 amide bonds. The summed E-state index contributed by atoms with van der Waals surface area (Å²) in [6, 6.07) is 7.10. The largest absolute Gasteiger partial charge is 0.224 e. The molecule has 0 heterocycles. The third kappa shape index (κ3) is 3.22. The quantitative estimate of drug-likeness (QED) is 0.763. The molecule has 0 radical (unpaired) electrons. The zero-order valence-electron chi connectivity index (χ0n) is 9.61. The Morgan fingerprint density at radius 3 is 2.44 bits per heavy atom. The lowest BCUT2D eigenvalue weighted by Gasteiger charge is -2.11. The molecule has 1 unspecified atom stereocenters. The van der Waals surface area contributed by atoms with Crippen LogP contribution in [0.25, 0.3) is 0 Å². The van der Waals surface area contributed by atoms with Crippen LogP contribution in [0, 0.1) is 0 Å². The Morgan fingerprint density at radius 1 is 1.25 bits per heavy atom. The standard InChI is InChI=1S/C12H17ClO2S/c1-3-11(13)9-10-7-5-6-8-12(10)16(14,15)4-2/h5-8,11H,3-4,9H2,1-2H3. The molecule has 0 saturated carbocycles. The molecule has 0 N–H and O–H groups in total. The summed E-state index contributed by atoms with van der Waals surface area (Å²) in [7, 11) is -3.14. The predicted octanol–water partition coefficient (Wildman–Crippen LogP) is 3.04. The van der Waals surface area contributed by atoms with E-state index in [9.17, 15) is 8.42 Å². The van der Waals surface area contributed by atoms with E-state index in [1.165, 1.54) is 0 Å². The fraction of sp³-hybridized carbons (Fsp3) is 0.500. The first kappa shape index (κ1) is 13.5. The van der Waals surface area contributed by atoms with Crippen LogP contribution in [0.15, 0.2) is 29.2 Å². The first-order chi connectivity index (χ1) is 7.51. The zero-order valence-corrected chi connectivity index (χ0v) is 11.2. The molecule has 2 nitrogen and oxygen atoms in total. The molecule has 0 saturated heterocycles. The van der Waals surface area contributed by atoms with E-state index < -0.39 is 9.84 Å². The maximum Gasteiger partial charge on any atom is 0.178 e. The van der Waals surface area contributed by atoms with Gasteiger partial charge in [-0.1, -0.05) is 32.0 Å². The van der Waals surface area contributed by atoms with Gasteiger partial charge in [0.1, 0.15) is 0 Å². The summed E-state index contributed by atoms with van der Waals surface area (Å²) in [5.41, 5.74) is 0.825. The highest BCUT2D eigenvalue weighted by Gasteiger charge is 2.17. The Hall–Kier alpha value is -0.540. The van der Waals surface area contributed by atoms with Gasteiger partial charge in [-0.15, -0.1) is 11.6 Å². The monoisotopic (exact) mass is 260 g/mol. The molecule has 0 spiro atoms. The van der Waals surface area contributed by atoms with Gasteiger partial charge in [-0.25, -0.2) is 8.42 Å². The second-order valence-corrected chi connectivity index (χ2v) is 6.58. The van der Waals surface area contributed by atoms with Crippen LogP contribution in [0.4, 0.5) is 0 Å². The highest BCUT2D eigenvalue weighted by molar-refractivity contribution is 7.91. The van der Waals surface area contributed by atoms with Crippen molar-refractivity contribution in [1.29, 1.82) is 0 Å². The second-order valence-electron chi connectivity index (χ2n) is 3.72. The summed E-state index contributed by atoms with van der Waals surface area (Å²) in [6.45, 7) is 3.65. The van der Waals surface area contributed by atoms with E-state index in [0.29, 0.717) is 11.3 Å². The molecule has 0 aliphatic carbocycles. The third-order valence-electron chi connectivity index (χ3n) is 2.57. The van der Waals surface area contributed by atoms with Crippen molar-refractivity contribution in [2.75, 3.05) is 5.75 Å². The number of rotatable bonds is 5. The van der Waals surface area contributed by atoms with Gasteiger partial charge >= 0.3 is 0 Å². The van der Waals surface area contributed by atoms with Crippen LogP contribution >= 0.6 is 11.6 Å². The smallest absolute Gasteiger partial charge is 0.178 e. The SMILES string of the molecule is CCC(Cl)Cc1ccccc1S(=O)(=O)CC. The van der Waals surface area contributed by atoms with Crippen molar-refractivity contribution in [1.82, 2.24) is 0 Å². The van der Waals surface area contributed by atoms with Gasteiger partial charge in [-0.2, -0.15) is 0 Å². The first-order valence-electron chi connectivity index (χ1n) is 5.46. The molecule has 0 aromatic heterocycles. The van der Waals surface area contributed by atoms with Crippen LogP contribution in [0.2, 0.25) is 0 Å². The van der Waals surface area contributed by atoms with Gasteiger partial charge in [0, 0.05) is 5.38 Å². The van der Waals surface area contributed by atoms with Crippen LogP contribution in [-0.4, -0.2) is 19.5 Å². The number of hydrogen-bond acceptors (Lipinski definition) is 2. The maximum atomic E-state index is 11.8. The number of sulfone groups is 1. The Bertz CT molecular complexity index is 440. The van der Waals surface area contributed by atoms with Crippen molar-refractivity contribution < 1.29 is 8.42 Å². The van der Waals surface area contributed by atoms with Crippen molar-refractivity contribution in [3.05, 3.63) is 29.8 Å². The highest BCUT2D eigenvalue weighted by Crippen LogP contribution is 2.20. The summed E-state index contributed by atoms with van der Waals surface area (Å²) in [5, 5.41) is -0.00629. The fourth-order valence-corrected chi connectivity index (χ4v) is 2.83. The van der Waals surface area contributed by atoms with E-state index in [0.717, 1.165) is 12.0 Å². The number of hydrogen-bond donors (Lipinski definition) is 0. The zero-order chi connectivity index (χ0) is 12.2. The van der Waals surface area contributed by atoms with E-state index in [2.05, 4.69) is 0 Å². The van der Waals surface area contributed by atoms with Gasteiger partial charge in [-0.05, 0) is 24.5 Å². The summed E-state index contributed by atoms with van der Waals surface area (Å²) in [4.78, 5) is 0.427. The molecule has 0 bridgehead atoms. The minimum absolute atomic E-state index is 0.00629. The molecule has 0 aliphatic heterocycles. The molecular formula is C12H17ClO2S. The molecule has 0 aliphatic rings. The lowest BCUT2D eigenvalue weighted by molar-refractivity contribution is 0.595. The van der Waals surface area contributed by atoms with E-state index in [4.69, 9.17) is 11.6 Å². The molecule has 1 aromatic rings. The van der Waals surface area contributed by atoms with Gasteiger partial charge in [-0.3, -0.25) is 0 Å². The van der Waals surface area contributed by atoms with Crippen molar-refractivity contribution >= 4 is 21.4 Å². The van der Waals surface area contributed by atoms with Crippen LogP contribution in [0.5, 0.6) is 0 Å². The molecule has 0 fully saturated rings. The van der Waals surface area contributed by atoms with Gasteiger partial charge < -0.3 is 0 Å². The normalized spacial score (nSPS) is 13.7. The van der Waals surface area contributed by atoms with Gasteiger partial charge in [0.15, 0.2) is 9.84 Å². The van der Waals surface area contributed by atoms with E-state index >= 15 is 0 Å². The molecule has 4 heteroatoms. The second kappa shape index (κ2) is 5.69. The van der Waals surface area contributed by atoms with Crippen molar-refractivity contribution in [3.8, 4) is 0 Å². The molecule has 90 valence electrons. The van der Waals surface area contributed by atoms with Crippen molar-refractivity contribution in [3.63, 3.8) is 0 Å². The van der Waals surface area contributed by atoms with Crippen molar-refractivity contribution in [2.45, 2.75) is 37.0 Å². The predicted molar refractivity (Wildman–Crippen MR) is 67.8 cm³/mol. The van der Waals surface area contributed by atoms with Crippen LogP contribution in [0.1, 0.15) is 25.8 Å². The van der Waals surface area contributed by atoms with E-state index in [1.807, 2.05) is 19.1 Å². The topological polar surface area (TPSA) is 34.1 Å².